The first-order chi connectivity index (χ1) is 12.6. The molecule has 3 aromatic rings. The van der Waals surface area contributed by atoms with E-state index in [0.717, 1.165) is 0 Å². The molecule has 7 nitrogen and oxygen atoms in total. The Morgan fingerprint density at radius 2 is 1.88 bits per heavy atom. The van der Waals surface area contributed by atoms with Gasteiger partial charge in [0, 0.05) is 24.6 Å². The lowest BCUT2D eigenvalue weighted by Crippen LogP contribution is -2.16. The molecule has 0 aliphatic carbocycles. The van der Waals surface area contributed by atoms with Crippen LogP contribution in [0.1, 0.15) is 12.2 Å². The Bertz CT molecular complexity index is 997. The van der Waals surface area contributed by atoms with Crippen molar-refractivity contribution in [1.29, 1.82) is 0 Å². The summed E-state index contributed by atoms with van der Waals surface area (Å²) < 4.78 is 10.4. The van der Waals surface area contributed by atoms with Crippen molar-refractivity contribution in [2.24, 2.45) is 0 Å². The van der Waals surface area contributed by atoms with E-state index in [1.54, 1.807) is 43.5 Å². The quantitative estimate of drug-likeness (QED) is 0.710. The van der Waals surface area contributed by atoms with Crippen molar-refractivity contribution in [2.45, 2.75) is 12.8 Å². The number of anilines is 1. The Balaban J connectivity index is 1.67. The maximum atomic E-state index is 12.2. The number of nitrogens with one attached hydrogen (secondary N) is 2. The molecule has 1 amide bonds. The van der Waals surface area contributed by atoms with Gasteiger partial charge in [0.1, 0.15) is 5.82 Å². The minimum atomic E-state index is -0.203. The van der Waals surface area contributed by atoms with Crippen molar-refractivity contribution >= 4 is 22.5 Å². The van der Waals surface area contributed by atoms with E-state index >= 15 is 0 Å². The number of aromatic amines is 1. The highest BCUT2D eigenvalue weighted by Gasteiger charge is 2.09. The highest BCUT2D eigenvalue weighted by molar-refractivity contribution is 5.91. The number of hydrogen-bond acceptors (Lipinski definition) is 5. The summed E-state index contributed by atoms with van der Waals surface area (Å²) >= 11 is 0. The maximum Gasteiger partial charge on any atom is 0.258 e. The van der Waals surface area contributed by atoms with Gasteiger partial charge < -0.3 is 19.8 Å². The summed E-state index contributed by atoms with van der Waals surface area (Å²) in [5.74, 6) is 1.42. The Labute approximate surface area is 150 Å². The molecule has 0 saturated heterocycles. The van der Waals surface area contributed by atoms with Gasteiger partial charge in [-0.15, -0.1) is 0 Å². The summed E-state index contributed by atoms with van der Waals surface area (Å²) in [7, 11) is 3.08. The first-order valence-corrected chi connectivity index (χ1v) is 8.10. The molecule has 2 aromatic carbocycles. The third-order valence-electron chi connectivity index (χ3n) is 3.92. The number of para-hydroxylation sites is 1. The monoisotopic (exact) mass is 353 g/mol. The van der Waals surface area contributed by atoms with Crippen molar-refractivity contribution < 1.29 is 14.3 Å². The fourth-order valence-electron chi connectivity index (χ4n) is 2.62. The Kier molecular flexibility index (Phi) is 5.17. The van der Waals surface area contributed by atoms with Crippen molar-refractivity contribution in [2.75, 3.05) is 19.5 Å². The standard InChI is InChI=1S/C19H19N3O4/c1-25-15-8-7-12(11-16(15)26-2)20-18(23)10-9-17-21-14-6-4-3-5-13(14)19(24)22-17/h3-8,11H,9-10H2,1-2H3,(H,20,23)(H,21,22,24). The molecular formula is C19H19N3O4. The number of amides is 1. The van der Waals surface area contributed by atoms with E-state index in [9.17, 15) is 9.59 Å². The van der Waals surface area contributed by atoms with Crippen LogP contribution in [0.2, 0.25) is 0 Å². The van der Waals surface area contributed by atoms with Crippen LogP contribution in [0.3, 0.4) is 0 Å². The van der Waals surface area contributed by atoms with E-state index in [1.807, 2.05) is 6.07 Å². The second kappa shape index (κ2) is 7.69. The molecular weight excluding hydrogens is 334 g/mol. The molecule has 0 fully saturated rings. The fourth-order valence-corrected chi connectivity index (χ4v) is 2.62. The van der Waals surface area contributed by atoms with Gasteiger partial charge in [0.2, 0.25) is 5.91 Å². The molecule has 7 heteroatoms. The van der Waals surface area contributed by atoms with Crippen LogP contribution in [0.4, 0.5) is 5.69 Å². The van der Waals surface area contributed by atoms with E-state index in [0.29, 0.717) is 40.3 Å². The summed E-state index contributed by atoms with van der Waals surface area (Å²) in [5.41, 5.74) is 1.02. The summed E-state index contributed by atoms with van der Waals surface area (Å²) in [4.78, 5) is 31.3. The van der Waals surface area contributed by atoms with Crippen LogP contribution in [-0.4, -0.2) is 30.1 Å². The maximum absolute atomic E-state index is 12.2. The smallest absolute Gasteiger partial charge is 0.258 e. The van der Waals surface area contributed by atoms with Crippen molar-refractivity contribution in [3.05, 3.63) is 58.6 Å². The lowest BCUT2D eigenvalue weighted by molar-refractivity contribution is -0.116. The number of fused-ring (bicyclic) bond motifs is 1. The number of methoxy groups -OCH3 is 2. The van der Waals surface area contributed by atoms with Gasteiger partial charge in [0.05, 0.1) is 25.1 Å². The summed E-state index contributed by atoms with van der Waals surface area (Å²) in [6, 6.07) is 12.2. The Hall–Kier alpha value is -3.35. The number of aryl methyl sites for hydroxylation is 1. The van der Waals surface area contributed by atoms with E-state index in [4.69, 9.17) is 9.47 Å². The van der Waals surface area contributed by atoms with Gasteiger partial charge in [-0.25, -0.2) is 4.98 Å². The number of H-pyrrole nitrogens is 1. The summed E-state index contributed by atoms with van der Waals surface area (Å²) in [5, 5.41) is 3.33. The van der Waals surface area contributed by atoms with E-state index in [-0.39, 0.29) is 17.9 Å². The number of aromatic nitrogens is 2. The van der Waals surface area contributed by atoms with Crippen molar-refractivity contribution in [3.63, 3.8) is 0 Å². The number of hydrogen-bond donors (Lipinski definition) is 2. The van der Waals surface area contributed by atoms with Crippen molar-refractivity contribution in [3.8, 4) is 11.5 Å². The highest BCUT2D eigenvalue weighted by atomic mass is 16.5. The number of ether oxygens (including phenoxy) is 2. The first kappa shape index (κ1) is 17.5. The second-order valence-corrected chi connectivity index (χ2v) is 5.65. The third-order valence-corrected chi connectivity index (χ3v) is 3.92. The molecule has 2 N–H and O–H groups in total. The van der Waals surface area contributed by atoms with Gasteiger partial charge in [-0.05, 0) is 24.3 Å². The average molecular weight is 353 g/mol. The molecule has 134 valence electrons. The molecule has 0 spiro atoms. The number of benzene rings is 2. The largest absolute Gasteiger partial charge is 0.493 e. The summed E-state index contributed by atoms with van der Waals surface area (Å²) in [6.45, 7) is 0. The molecule has 1 aromatic heterocycles. The lowest BCUT2D eigenvalue weighted by Gasteiger charge is -2.10. The van der Waals surface area contributed by atoms with E-state index in [1.165, 1.54) is 7.11 Å². The molecule has 0 atom stereocenters. The van der Waals surface area contributed by atoms with Crippen molar-refractivity contribution in [1.82, 2.24) is 9.97 Å². The van der Waals surface area contributed by atoms with Crippen LogP contribution in [0.25, 0.3) is 10.9 Å². The Morgan fingerprint density at radius 1 is 1.12 bits per heavy atom. The van der Waals surface area contributed by atoms with E-state index in [2.05, 4.69) is 15.3 Å². The van der Waals surface area contributed by atoms with Crippen LogP contribution < -0.4 is 20.3 Å². The first-order valence-electron chi connectivity index (χ1n) is 8.10. The van der Waals surface area contributed by atoms with Gasteiger partial charge >= 0.3 is 0 Å². The van der Waals surface area contributed by atoms with Gasteiger partial charge in [0.15, 0.2) is 11.5 Å². The lowest BCUT2D eigenvalue weighted by atomic mass is 10.2. The van der Waals surface area contributed by atoms with Crippen LogP contribution in [0.15, 0.2) is 47.3 Å². The average Bonchev–Trinajstić information content (AvgIpc) is 2.66. The molecule has 0 bridgehead atoms. The zero-order valence-corrected chi connectivity index (χ0v) is 14.5. The van der Waals surface area contributed by atoms with Crippen LogP contribution in [-0.2, 0) is 11.2 Å². The number of rotatable bonds is 6. The van der Waals surface area contributed by atoms with Crippen LogP contribution in [0.5, 0.6) is 11.5 Å². The van der Waals surface area contributed by atoms with Crippen LogP contribution in [0, 0.1) is 0 Å². The van der Waals surface area contributed by atoms with Gasteiger partial charge in [-0.2, -0.15) is 0 Å². The van der Waals surface area contributed by atoms with E-state index < -0.39 is 0 Å². The number of carbonyl (C=O) groups is 1. The number of carbonyl (C=O) groups excluding carboxylic acids is 1. The molecule has 0 aliphatic rings. The number of nitrogens with zero attached hydrogens (tertiary/aromatic N) is 1. The summed E-state index contributed by atoms with van der Waals surface area (Å²) in [6.07, 6.45) is 0.523. The SMILES string of the molecule is COc1ccc(NC(=O)CCc2nc3ccccc3c(=O)[nH]2)cc1OC. The second-order valence-electron chi connectivity index (χ2n) is 5.65. The Morgan fingerprint density at radius 3 is 2.65 bits per heavy atom. The predicted octanol–water partition coefficient (Wildman–Crippen LogP) is 2.51. The molecule has 1 heterocycles. The molecule has 0 aliphatic heterocycles. The topological polar surface area (TPSA) is 93.3 Å². The van der Waals surface area contributed by atoms with Crippen LogP contribution >= 0.6 is 0 Å². The zero-order chi connectivity index (χ0) is 18.5. The minimum absolute atomic E-state index is 0.187. The highest BCUT2D eigenvalue weighted by Crippen LogP contribution is 2.29. The molecule has 0 unspecified atom stereocenters. The zero-order valence-electron chi connectivity index (χ0n) is 14.5. The van der Waals surface area contributed by atoms with Gasteiger partial charge in [0.25, 0.3) is 5.56 Å². The third kappa shape index (κ3) is 3.83. The molecule has 0 radical (unpaired) electrons. The minimum Gasteiger partial charge on any atom is -0.493 e. The predicted molar refractivity (Wildman–Crippen MR) is 98.9 cm³/mol. The molecule has 0 saturated carbocycles. The normalized spacial score (nSPS) is 10.5. The molecule has 3 rings (SSSR count). The fraction of sp³-hybridized carbons (Fsp3) is 0.211. The molecule has 26 heavy (non-hydrogen) atoms. The van der Waals surface area contributed by atoms with Gasteiger partial charge in [-0.3, -0.25) is 9.59 Å². The van der Waals surface area contributed by atoms with Gasteiger partial charge in [-0.1, -0.05) is 12.1 Å².